The van der Waals surface area contributed by atoms with Crippen LogP contribution in [0.3, 0.4) is 0 Å². The molecular formula is C20H30FN5O. The minimum absolute atomic E-state index is 0.194. The van der Waals surface area contributed by atoms with Crippen molar-refractivity contribution in [2.24, 2.45) is 12.0 Å². The Morgan fingerprint density at radius 2 is 2.00 bits per heavy atom. The van der Waals surface area contributed by atoms with Crippen molar-refractivity contribution in [1.29, 1.82) is 0 Å². The Hall–Kier alpha value is -2.41. The zero-order valence-corrected chi connectivity index (χ0v) is 17.0. The number of halogens is 1. The van der Waals surface area contributed by atoms with Gasteiger partial charge in [0.15, 0.2) is 5.96 Å². The number of aromatic nitrogens is 2. The molecular weight excluding hydrogens is 345 g/mol. The van der Waals surface area contributed by atoms with Gasteiger partial charge in [0, 0.05) is 53.1 Å². The van der Waals surface area contributed by atoms with Gasteiger partial charge in [-0.05, 0) is 23.6 Å². The summed E-state index contributed by atoms with van der Waals surface area (Å²) in [5.41, 5.74) is 3.19. The lowest BCUT2D eigenvalue weighted by atomic mass is 10.1. The summed E-state index contributed by atoms with van der Waals surface area (Å²) in [4.78, 5) is 6.42. The third kappa shape index (κ3) is 5.53. The Balaban J connectivity index is 2.02. The molecule has 1 aromatic carbocycles. The van der Waals surface area contributed by atoms with Crippen molar-refractivity contribution in [2.75, 3.05) is 27.7 Å². The van der Waals surface area contributed by atoms with Crippen molar-refractivity contribution < 1.29 is 9.13 Å². The molecule has 2 aromatic rings. The zero-order chi connectivity index (χ0) is 20.0. The van der Waals surface area contributed by atoms with E-state index in [0.717, 1.165) is 17.2 Å². The van der Waals surface area contributed by atoms with Crippen molar-refractivity contribution in [1.82, 2.24) is 20.0 Å². The van der Waals surface area contributed by atoms with E-state index in [9.17, 15) is 4.39 Å². The van der Waals surface area contributed by atoms with Crippen LogP contribution >= 0.6 is 0 Å². The topological polar surface area (TPSA) is 54.7 Å². The van der Waals surface area contributed by atoms with E-state index in [-0.39, 0.29) is 11.9 Å². The number of benzene rings is 1. The molecule has 7 heteroatoms. The lowest BCUT2D eigenvalue weighted by Crippen LogP contribution is -2.40. The quantitative estimate of drug-likeness (QED) is 0.597. The minimum atomic E-state index is -0.255. The van der Waals surface area contributed by atoms with Crippen LogP contribution in [0.25, 0.3) is 0 Å². The van der Waals surface area contributed by atoms with Gasteiger partial charge in [-0.1, -0.05) is 26.0 Å². The van der Waals surface area contributed by atoms with Gasteiger partial charge in [0.05, 0.1) is 11.8 Å². The number of ether oxygens (including phenoxy) is 1. The van der Waals surface area contributed by atoms with E-state index in [1.54, 1.807) is 26.3 Å². The highest BCUT2D eigenvalue weighted by atomic mass is 19.1. The molecule has 0 saturated carbocycles. The highest BCUT2D eigenvalue weighted by Crippen LogP contribution is 2.19. The van der Waals surface area contributed by atoms with Gasteiger partial charge in [0.25, 0.3) is 0 Å². The van der Waals surface area contributed by atoms with Gasteiger partial charge in [-0.15, -0.1) is 0 Å². The molecule has 0 saturated heterocycles. The van der Waals surface area contributed by atoms with Crippen molar-refractivity contribution in [2.45, 2.75) is 32.4 Å². The molecule has 0 fully saturated rings. The summed E-state index contributed by atoms with van der Waals surface area (Å²) < 4.78 is 20.5. The molecule has 0 bridgehead atoms. The van der Waals surface area contributed by atoms with Gasteiger partial charge in [-0.25, -0.2) is 4.39 Å². The van der Waals surface area contributed by atoms with Gasteiger partial charge in [-0.3, -0.25) is 9.67 Å². The lowest BCUT2D eigenvalue weighted by molar-refractivity contribution is 0.106. The number of aliphatic imine (C=N–C) groups is 1. The minimum Gasteiger partial charge on any atom is -0.375 e. The second kappa shape index (κ2) is 9.50. The molecule has 148 valence electrons. The molecule has 0 radical (unpaired) electrons. The molecule has 1 N–H and O–H groups in total. The Bertz CT molecular complexity index is 754. The molecule has 1 aromatic heterocycles. The molecule has 0 spiro atoms. The molecule has 0 aliphatic carbocycles. The number of methoxy groups -OCH3 is 1. The van der Waals surface area contributed by atoms with Crippen molar-refractivity contribution in [3.8, 4) is 0 Å². The first-order valence-electron chi connectivity index (χ1n) is 9.08. The van der Waals surface area contributed by atoms with Crippen LogP contribution in [-0.4, -0.2) is 48.4 Å². The third-order valence-electron chi connectivity index (χ3n) is 4.44. The Morgan fingerprint density at radius 1 is 1.33 bits per heavy atom. The van der Waals surface area contributed by atoms with Crippen molar-refractivity contribution >= 4 is 5.96 Å². The number of nitrogens with zero attached hydrogens (tertiary/aromatic N) is 4. The normalized spacial score (nSPS) is 13.1. The summed E-state index contributed by atoms with van der Waals surface area (Å²) in [6.07, 6.45) is 1.86. The van der Waals surface area contributed by atoms with E-state index in [1.807, 2.05) is 18.8 Å². The fourth-order valence-corrected chi connectivity index (χ4v) is 3.08. The van der Waals surface area contributed by atoms with E-state index in [0.29, 0.717) is 19.0 Å². The standard InChI is InChI=1S/C20H30FN5O/c1-14(2)19-16(13-26(5)24-19)12-25(4)20(22-3)23-11-18(27-6)15-7-9-17(21)10-8-15/h7-10,13-14,18H,11-12H2,1-6H3,(H,22,23). The van der Waals surface area contributed by atoms with Gasteiger partial charge < -0.3 is 15.0 Å². The Labute approximate surface area is 161 Å². The van der Waals surface area contributed by atoms with Crippen LogP contribution in [0.1, 0.15) is 42.7 Å². The van der Waals surface area contributed by atoms with Crippen LogP contribution in [-0.2, 0) is 18.3 Å². The van der Waals surface area contributed by atoms with E-state index < -0.39 is 0 Å². The number of rotatable bonds is 7. The summed E-state index contributed by atoms with van der Waals surface area (Å²) >= 11 is 0. The average molecular weight is 375 g/mol. The van der Waals surface area contributed by atoms with Crippen LogP contribution in [0.2, 0.25) is 0 Å². The zero-order valence-electron chi connectivity index (χ0n) is 17.0. The summed E-state index contributed by atoms with van der Waals surface area (Å²) in [5, 5.41) is 7.90. The molecule has 6 nitrogen and oxygen atoms in total. The molecule has 1 heterocycles. The molecule has 27 heavy (non-hydrogen) atoms. The SMILES string of the molecule is CN=C(NCC(OC)c1ccc(F)cc1)N(C)Cc1cn(C)nc1C(C)C. The molecule has 1 unspecified atom stereocenters. The predicted molar refractivity (Wildman–Crippen MR) is 106 cm³/mol. The Morgan fingerprint density at radius 3 is 2.56 bits per heavy atom. The highest BCUT2D eigenvalue weighted by Gasteiger charge is 2.17. The number of hydrogen-bond donors (Lipinski definition) is 1. The highest BCUT2D eigenvalue weighted by molar-refractivity contribution is 5.79. The first-order valence-corrected chi connectivity index (χ1v) is 9.08. The number of nitrogens with one attached hydrogen (secondary N) is 1. The van der Waals surface area contributed by atoms with Gasteiger partial charge in [-0.2, -0.15) is 5.10 Å². The predicted octanol–water partition coefficient (Wildman–Crippen LogP) is 3.08. The average Bonchev–Trinajstić information content (AvgIpc) is 3.00. The largest absolute Gasteiger partial charge is 0.375 e. The van der Waals surface area contributed by atoms with Crippen LogP contribution in [0, 0.1) is 5.82 Å². The summed E-state index contributed by atoms with van der Waals surface area (Å²) in [6.45, 7) is 5.52. The third-order valence-corrected chi connectivity index (χ3v) is 4.44. The first-order chi connectivity index (χ1) is 12.8. The van der Waals surface area contributed by atoms with Crippen LogP contribution in [0.5, 0.6) is 0 Å². The molecule has 0 aliphatic heterocycles. The van der Waals surface area contributed by atoms with E-state index in [1.165, 1.54) is 17.7 Å². The second-order valence-electron chi connectivity index (χ2n) is 6.93. The van der Waals surface area contributed by atoms with Crippen LogP contribution in [0.4, 0.5) is 4.39 Å². The van der Waals surface area contributed by atoms with Gasteiger partial charge in [0.2, 0.25) is 0 Å². The maximum absolute atomic E-state index is 13.1. The fraction of sp³-hybridized carbons (Fsp3) is 0.500. The lowest BCUT2D eigenvalue weighted by Gasteiger charge is -2.24. The number of hydrogen-bond acceptors (Lipinski definition) is 3. The maximum atomic E-state index is 13.1. The van der Waals surface area contributed by atoms with Crippen molar-refractivity contribution in [3.63, 3.8) is 0 Å². The maximum Gasteiger partial charge on any atom is 0.193 e. The molecule has 0 amide bonds. The molecule has 1 atom stereocenters. The molecule has 2 rings (SSSR count). The van der Waals surface area contributed by atoms with Crippen LogP contribution < -0.4 is 5.32 Å². The second-order valence-corrected chi connectivity index (χ2v) is 6.93. The first kappa shape index (κ1) is 20.9. The summed E-state index contributed by atoms with van der Waals surface area (Å²) in [7, 11) is 7.33. The van der Waals surface area contributed by atoms with Crippen LogP contribution in [0.15, 0.2) is 35.5 Å². The monoisotopic (exact) mass is 375 g/mol. The van der Waals surface area contributed by atoms with E-state index in [4.69, 9.17) is 4.74 Å². The fourth-order valence-electron chi connectivity index (χ4n) is 3.08. The van der Waals surface area contributed by atoms with Gasteiger partial charge in [0.1, 0.15) is 5.82 Å². The summed E-state index contributed by atoms with van der Waals surface area (Å²) in [5.74, 6) is 0.869. The van der Waals surface area contributed by atoms with E-state index >= 15 is 0 Å². The Kier molecular flexibility index (Phi) is 7.36. The molecule has 0 aliphatic rings. The number of aryl methyl sites for hydroxylation is 1. The smallest absolute Gasteiger partial charge is 0.193 e. The van der Waals surface area contributed by atoms with Gasteiger partial charge >= 0.3 is 0 Å². The van der Waals surface area contributed by atoms with E-state index in [2.05, 4.69) is 40.4 Å². The van der Waals surface area contributed by atoms with Crippen molar-refractivity contribution in [3.05, 3.63) is 53.1 Å². The summed E-state index contributed by atoms with van der Waals surface area (Å²) in [6, 6.07) is 6.36. The number of guanidine groups is 1.